The van der Waals surface area contributed by atoms with Crippen LogP contribution in [-0.4, -0.2) is 6.61 Å². The van der Waals surface area contributed by atoms with Crippen molar-refractivity contribution in [1.82, 2.24) is 0 Å². The molecular formula is C25H22O2. The molecule has 0 saturated heterocycles. The maximum Gasteiger partial charge on any atom is 0.139 e. The predicted octanol–water partition coefficient (Wildman–Crippen LogP) is 6.73. The molecule has 0 unspecified atom stereocenters. The fraction of sp³-hybridized carbons (Fsp3) is 0.120. The van der Waals surface area contributed by atoms with Gasteiger partial charge in [-0.2, -0.15) is 0 Å². The summed E-state index contributed by atoms with van der Waals surface area (Å²) < 4.78 is 12.1. The molecule has 0 amide bonds. The molecule has 3 aromatic carbocycles. The van der Waals surface area contributed by atoms with E-state index in [2.05, 4.69) is 56.0 Å². The van der Waals surface area contributed by atoms with Crippen LogP contribution in [0.25, 0.3) is 11.1 Å². The fourth-order valence-corrected chi connectivity index (χ4v) is 3.56. The Hall–Kier alpha value is -3.26. The third-order valence-electron chi connectivity index (χ3n) is 4.74. The standard InChI is InChI=1S/C25H22O2/c1-3-16-26-19-14-15-22-24(17-19)27-23-13-9-8-12-21(23)20(4-2)25(22)18-10-6-5-7-11-18/h3,5-15,17H,1,4,16H2,2H3. The number of allylic oxidation sites excluding steroid dienone is 1. The first kappa shape index (κ1) is 17.2. The van der Waals surface area contributed by atoms with Crippen molar-refractivity contribution in [2.24, 2.45) is 0 Å². The molecule has 0 N–H and O–H groups in total. The summed E-state index contributed by atoms with van der Waals surface area (Å²) in [5, 5.41) is 0. The molecule has 0 spiro atoms. The highest BCUT2D eigenvalue weighted by atomic mass is 16.5. The summed E-state index contributed by atoms with van der Waals surface area (Å²) in [6.07, 6.45) is 2.66. The van der Waals surface area contributed by atoms with E-state index in [0.29, 0.717) is 6.61 Å². The lowest BCUT2D eigenvalue weighted by atomic mass is 9.88. The molecule has 2 heteroatoms. The van der Waals surface area contributed by atoms with Gasteiger partial charge in [0.2, 0.25) is 0 Å². The quantitative estimate of drug-likeness (QED) is 0.473. The van der Waals surface area contributed by atoms with Gasteiger partial charge in [0, 0.05) is 17.2 Å². The van der Waals surface area contributed by atoms with Crippen LogP contribution < -0.4 is 9.47 Å². The second-order valence-corrected chi connectivity index (χ2v) is 6.43. The largest absolute Gasteiger partial charge is 0.489 e. The Kier molecular flexibility index (Phi) is 4.80. The smallest absolute Gasteiger partial charge is 0.139 e. The lowest BCUT2D eigenvalue weighted by molar-refractivity contribution is 0.360. The van der Waals surface area contributed by atoms with Gasteiger partial charge in [0.25, 0.3) is 0 Å². The van der Waals surface area contributed by atoms with Crippen molar-refractivity contribution in [3.05, 3.63) is 102 Å². The summed E-state index contributed by atoms with van der Waals surface area (Å²) in [7, 11) is 0. The van der Waals surface area contributed by atoms with E-state index in [-0.39, 0.29) is 0 Å². The summed E-state index contributed by atoms with van der Waals surface area (Å²) in [5.74, 6) is 2.47. The van der Waals surface area contributed by atoms with Crippen LogP contribution in [0.5, 0.6) is 17.2 Å². The number of hydrogen-bond acceptors (Lipinski definition) is 2. The van der Waals surface area contributed by atoms with Gasteiger partial charge in [0.1, 0.15) is 23.9 Å². The van der Waals surface area contributed by atoms with Gasteiger partial charge in [-0.05, 0) is 41.3 Å². The summed E-state index contributed by atoms with van der Waals surface area (Å²) >= 11 is 0. The zero-order valence-electron chi connectivity index (χ0n) is 15.4. The number of hydrogen-bond donors (Lipinski definition) is 0. The molecule has 27 heavy (non-hydrogen) atoms. The van der Waals surface area contributed by atoms with Gasteiger partial charge in [-0.1, -0.05) is 68.1 Å². The van der Waals surface area contributed by atoms with Crippen LogP contribution in [0.3, 0.4) is 0 Å². The van der Waals surface area contributed by atoms with Crippen molar-refractivity contribution in [3.8, 4) is 17.2 Å². The third kappa shape index (κ3) is 3.26. The Morgan fingerprint density at radius 1 is 0.889 bits per heavy atom. The van der Waals surface area contributed by atoms with Crippen molar-refractivity contribution in [1.29, 1.82) is 0 Å². The van der Waals surface area contributed by atoms with Gasteiger partial charge < -0.3 is 9.47 Å². The van der Waals surface area contributed by atoms with Crippen molar-refractivity contribution in [2.75, 3.05) is 6.61 Å². The second kappa shape index (κ2) is 7.55. The minimum absolute atomic E-state index is 0.469. The molecule has 1 heterocycles. The molecule has 0 aliphatic carbocycles. The summed E-state index contributed by atoms with van der Waals surface area (Å²) in [5.41, 5.74) is 5.92. The highest BCUT2D eigenvalue weighted by Gasteiger charge is 2.23. The molecule has 0 saturated carbocycles. The van der Waals surface area contributed by atoms with Crippen molar-refractivity contribution in [2.45, 2.75) is 13.3 Å². The van der Waals surface area contributed by atoms with Crippen LogP contribution in [-0.2, 0) is 0 Å². The van der Waals surface area contributed by atoms with Gasteiger partial charge in [0.05, 0.1) is 0 Å². The lowest BCUT2D eigenvalue weighted by Gasteiger charge is -2.15. The number of fused-ring (bicyclic) bond motifs is 2. The molecule has 0 aromatic heterocycles. The zero-order chi connectivity index (χ0) is 18.6. The van der Waals surface area contributed by atoms with Crippen LogP contribution in [0.2, 0.25) is 0 Å². The van der Waals surface area contributed by atoms with E-state index in [1.54, 1.807) is 6.08 Å². The average Bonchev–Trinajstić information content (AvgIpc) is 2.86. The summed E-state index contributed by atoms with van der Waals surface area (Å²) in [4.78, 5) is 0. The van der Waals surface area contributed by atoms with E-state index >= 15 is 0 Å². The van der Waals surface area contributed by atoms with E-state index in [0.717, 1.165) is 34.8 Å². The van der Waals surface area contributed by atoms with E-state index < -0.39 is 0 Å². The van der Waals surface area contributed by atoms with Crippen molar-refractivity contribution >= 4 is 11.1 Å². The molecule has 1 aliphatic rings. The Balaban J connectivity index is 1.98. The monoisotopic (exact) mass is 354 g/mol. The van der Waals surface area contributed by atoms with Crippen LogP contribution >= 0.6 is 0 Å². The van der Waals surface area contributed by atoms with Gasteiger partial charge in [-0.25, -0.2) is 0 Å². The molecule has 134 valence electrons. The van der Waals surface area contributed by atoms with E-state index in [4.69, 9.17) is 9.47 Å². The van der Waals surface area contributed by atoms with E-state index in [9.17, 15) is 0 Å². The highest BCUT2D eigenvalue weighted by Crippen LogP contribution is 2.46. The SMILES string of the molecule is C=CCOc1ccc2c(c1)Oc1ccccc1C(CC)=C2c1ccccc1. The molecule has 0 bridgehead atoms. The fourth-order valence-electron chi connectivity index (χ4n) is 3.56. The maximum atomic E-state index is 6.36. The molecule has 0 atom stereocenters. The number of para-hydroxylation sites is 1. The lowest BCUT2D eigenvalue weighted by Crippen LogP contribution is -1.96. The van der Waals surface area contributed by atoms with Gasteiger partial charge in [-0.15, -0.1) is 0 Å². The normalized spacial score (nSPS) is 12.5. The Morgan fingerprint density at radius 3 is 2.44 bits per heavy atom. The van der Waals surface area contributed by atoms with E-state index in [1.807, 2.05) is 30.3 Å². The van der Waals surface area contributed by atoms with Crippen LogP contribution in [0.15, 0.2) is 85.5 Å². The minimum atomic E-state index is 0.469. The Labute approximate surface area is 160 Å². The molecule has 4 rings (SSSR count). The maximum absolute atomic E-state index is 6.36. The van der Waals surface area contributed by atoms with Crippen molar-refractivity contribution in [3.63, 3.8) is 0 Å². The van der Waals surface area contributed by atoms with E-state index in [1.165, 1.54) is 16.7 Å². The molecular weight excluding hydrogens is 332 g/mol. The minimum Gasteiger partial charge on any atom is -0.489 e. The molecule has 2 nitrogen and oxygen atoms in total. The summed E-state index contributed by atoms with van der Waals surface area (Å²) in [6, 6.07) is 24.8. The second-order valence-electron chi connectivity index (χ2n) is 6.43. The molecule has 0 radical (unpaired) electrons. The number of benzene rings is 3. The van der Waals surface area contributed by atoms with Crippen LogP contribution in [0, 0.1) is 0 Å². The Bertz CT molecular complexity index is 1000. The molecule has 1 aliphatic heterocycles. The van der Waals surface area contributed by atoms with Crippen LogP contribution in [0.1, 0.15) is 30.0 Å². The number of ether oxygens (including phenoxy) is 2. The first-order chi connectivity index (χ1) is 13.3. The first-order valence-electron chi connectivity index (χ1n) is 9.25. The topological polar surface area (TPSA) is 18.5 Å². The van der Waals surface area contributed by atoms with Gasteiger partial charge in [0.15, 0.2) is 0 Å². The average molecular weight is 354 g/mol. The first-order valence-corrected chi connectivity index (χ1v) is 9.25. The summed E-state index contributed by atoms with van der Waals surface area (Å²) in [6.45, 7) is 6.38. The van der Waals surface area contributed by atoms with Crippen molar-refractivity contribution < 1.29 is 9.47 Å². The Morgan fingerprint density at radius 2 is 1.67 bits per heavy atom. The van der Waals surface area contributed by atoms with Gasteiger partial charge >= 0.3 is 0 Å². The third-order valence-corrected chi connectivity index (χ3v) is 4.74. The number of rotatable bonds is 5. The molecule has 0 fully saturated rings. The molecule has 3 aromatic rings. The zero-order valence-corrected chi connectivity index (χ0v) is 15.4. The highest BCUT2D eigenvalue weighted by molar-refractivity contribution is 6.02. The predicted molar refractivity (Wildman–Crippen MR) is 111 cm³/mol. The van der Waals surface area contributed by atoms with Gasteiger partial charge in [-0.3, -0.25) is 0 Å². The van der Waals surface area contributed by atoms with Crippen LogP contribution in [0.4, 0.5) is 0 Å².